The largest absolute Gasteiger partial charge is 0.479 e. The molecule has 0 aliphatic heterocycles. The van der Waals surface area contributed by atoms with Gasteiger partial charge in [0.1, 0.15) is 11.9 Å². The zero-order valence-electron chi connectivity index (χ0n) is 12.8. The van der Waals surface area contributed by atoms with E-state index >= 15 is 0 Å². The number of carbonyl (C=O) groups excluding carboxylic acids is 1. The van der Waals surface area contributed by atoms with E-state index in [1.165, 1.54) is 0 Å². The Morgan fingerprint density at radius 3 is 2.39 bits per heavy atom. The molecule has 118 valence electrons. The van der Waals surface area contributed by atoms with Crippen LogP contribution in [0.1, 0.15) is 31.1 Å². The molecule has 2 aromatic carbocycles. The number of ether oxygens (including phenoxy) is 2. The van der Waals surface area contributed by atoms with Gasteiger partial charge in [-0.1, -0.05) is 29.8 Å². The maximum absolute atomic E-state index is 12.1. The molecule has 0 spiro atoms. The molecule has 0 N–H and O–H groups in total. The van der Waals surface area contributed by atoms with Crippen molar-refractivity contribution in [3.8, 4) is 11.8 Å². The van der Waals surface area contributed by atoms with Gasteiger partial charge in [0.25, 0.3) is 0 Å². The predicted octanol–water partition coefficient (Wildman–Crippen LogP) is 4.28. The molecule has 0 unspecified atom stereocenters. The number of hydrogen-bond donors (Lipinski definition) is 0. The van der Waals surface area contributed by atoms with E-state index in [0.29, 0.717) is 16.3 Å². The van der Waals surface area contributed by atoms with Crippen molar-refractivity contribution in [2.45, 2.75) is 26.1 Å². The smallest absolute Gasteiger partial charge is 0.347 e. The highest BCUT2D eigenvalue weighted by Gasteiger charge is 2.21. The molecule has 2 atom stereocenters. The van der Waals surface area contributed by atoms with Crippen LogP contribution in [-0.4, -0.2) is 12.1 Å². The Labute approximate surface area is 140 Å². The summed E-state index contributed by atoms with van der Waals surface area (Å²) in [7, 11) is 0. The van der Waals surface area contributed by atoms with E-state index in [0.717, 1.165) is 5.56 Å². The molecule has 0 aliphatic rings. The number of hydrogen-bond acceptors (Lipinski definition) is 4. The average molecular weight is 330 g/mol. The number of carbonyl (C=O) groups is 1. The maximum atomic E-state index is 12.1. The summed E-state index contributed by atoms with van der Waals surface area (Å²) in [4.78, 5) is 12.1. The molecule has 0 saturated carbocycles. The fourth-order valence-electron chi connectivity index (χ4n) is 2.00. The second kappa shape index (κ2) is 7.66. The number of esters is 1. The molecule has 0 aromatic heterocycles. The highest BCUT2D eigenvalue weighted by molar-refractivity contribution is 6.31. The van der Waals surface area contributed by atoms with Gasteiger partial charge in [0.15, 0.2) is 6.10 Å². The van der Waals surface area contributed by atoms with Crippen molar-refractivity contribution >= 4 is 17.6 Å². The second-order valence-corrected chi connectivity index (χ2v) is 5.40. The van der Waals surface area contributed by atoms with Gasteiger partial charge in [0.05, 0.1) is 11.6 Å². The van der Waals surface area contributed by atoms with Crippen LogP contribution in [0, 0.1) is 11.3 Å². The van der Waals surface area contributed by atoms with Crippen LogP contribution in [0.3, 0.4) is 0 Å². The zero-order chi connectivity index (χ0) is 16.8. The van der Waals surface area contributed by atoms with Crippen LogP contribution in [-0.2, 0) is 9.53 Å². The van der Waals surface area contributed by atoms with E-state index in [1.807, 2.05) is 24.3 Å². The zero-order valence-corrected chi connectivity index (χ0v) is 13.6. The number of nitriles is 1. The standard InChI is InChI=1S/C18H16ClNO3/c1-12(16-5-3-4-6-17(16)19)23-18(21)13(2)22-15-9-7-14(11-20)8-10-15/h3-10,12-13H,1-2H3/t12-,13+/m1/s1. The van der Waals surface area contributed by atoms with E-state index in [4.69, 9.17) is 26.3 Å². The van der Waals surface area contributed by atoms with E-state index < -0.39 is 18.2 Å². The Kier molecular flexibility index (Phi) is 5.61. The Bertz CT molecular complexity index is 722. The van der Waals surface area contributed by atoms with Gasteiger partial charge < -0.3 is 9.47 Å². The van der Waals surface area contributed by atoms with Crippen molar-refractivity contribution in [1.82, 2.24) is 0 Å². The number of benzene rings is 2. The third-order valence-electron chi connectivity index (χ3n) is 3.26. The van der Waals surface area contributed by atoms with E-state index in [-0.39, 0.29) is 0 Å². The molecule has 5 heteroatoms. The molecule has 2 rings (SSSR count). The van der Waals surface area contributed by atoms with Gasteiger partial charge in [-0.25, -0.2) is 4.79 Å². The first kappa shape index (κ1) is 16.9. The van der Waals surface area contributed by atoms with Crippen molar-refractivity contribution in [2.24, 2.45) is 0 Å². The minimum absolute atomic E-state index is 0.469. The van der Waals surface area contributed by atoms with E-state index in [9.17, 15) is 4.79 Å². The van der Waals surface area contributed by atoms with Crippen LogP contribution < -0.4 is 4.74 Å². The van der Waals surface area contributed by atoms with Gasteiger partial charge in [-0.2, -0.15) is 5.26 Å². The van der Waals surface area contributed by atoms with Crippen LogP contribution in [0.2, 0.25) is 5.02 Å². The van der Waals surface area contributed by atoms with Gasteiger partial charge >= 0.3 is 5.97 Å². The Morgan fingerprint density at radius 1 is 1.13 bits per heavy atom. The van der Waals surface area contributed by atoms with Crippen molar-refractivity contribution in [3.05, 3.63) is 64.7 Å². The molecule has 2 aromatic rings. The molecule has 0 fully saturated rings. The summed E-state index contributed by atoms with van der Waals surface area (Å²) in [5.74, 6) is 0.0145. The second-order valence-electron chi connectivity index (χ2n) is 5.00. The van der Waals surface area contributed by atoms with Gasteiger partial charge in [0.2, 0.25) is 0 Å². The van der Waals surface area contributed by atoms with Crippen LogP contribution in [0.4, 0.5) is 0 Å². The van der Waals surface area contributed by atoms with Gasteiger partial charge in [-0.15, -0.1) is 0 Å². The quantitative estimate of drug-likeness (QED) is 0.768. The van der Waals surface area contributed by atoms with Crippen LogP contribution in [0.5, 0.6) is 5.75 Å². The number of halogens is 1. The average Bonchev–Trinajstić information content (AvgIpc) is 2.55. The third-order valence-corrected chi connectivity index (χ3v) is 3.61. The highest BCUT2D eigenvalue weighted by Crippen LogP contribution is 2.25. The minimum atomic E-state index is -0.770. The number of rotatable bonds is 5. The van der Waals surface area contributed by atoms with Gasteiger partial charge in [-0.05, 0) is 44.2 Å². The summed E-state index contributed by atoms with van der Waals surface area (Å²) in [6.07, 6.45) is -1.24. The Balaban J connectivity index is 1.97. The van der Waals surface area contributed by atoms with Crippen LogP contribution in [0.15, 0.2) is 48.5 Å². The molecule has 0 bridgehead atoms. The van der Waals surface area contributed by atoms with Crippen molar-refractivity contribution < 1.29 is 14.3 Å². The fourth-order valence-corrected chi connectivity index (χ4v) is 2.29. The molecule has 0 heterocycles. The van der Waals surface area contributed by atoms with E-state index in [2.05, 4.69) is 0 Å². The lowest BCUT2D eigenvalue weighted by Crippen LogP contribution is -2.27. The Morgan fingerprint density at radius 2 is 1.78 bits per heavy atom. The summed E-state index contributed by atoms with van der Waals surface area (Å²) in [5.41, 5.74) is 1.27. The molecular weight excluding hydrogens is 314 g/mol. The lowest BCUT2D eigenvalue weighted by atomic mass is 10.1. The molecular formula is C18H16ClNO3. The summed E-state index contributed by atoms with van der Waals surface area (Å²) < 4.78 is 10.9. The fraction of sp³-hybridized carbons (Fsp3) is 0.222. The molecule has 0 amide bonds. The SMILES string of the molecule is C[C@H](Oc1ccc(C#N)cc1)C(=O)O[C@H](C)c1ccccc1Cl. The van der Waals surface area contributed by atoms with E-state index in [1.54, 1.807) is 44.2 Å². The lowest BCUT2D eigenvalue weighted by Gasteiger charge is -2.19. The van der Waals surface area contributed by atoms with Crippen molar-refractivity contribution in [2.75, 3.05) is 0 Å². The molecule has 0 radical (unpaired) electrons. The number of nitrogens with zero attached hydrogens (tertiary/aromatic N) is 1. The van der Waals surface area contributed by atoms with Gasteiger partial charge in [-0.3, -0.25) is 0 Å². The topological polar surface area (TPSA) is 59.3 Å². The molecule has 4 nitrogen and oxygen atoms in total. The van der Waals surface area contributed by atoms with Crippen LogP contribution >= 0.6 is 11.6 Å². The lowest BCUT2D eigenvalue weighted by molar-refractivity contribution is -0.156. The minimum Gasteiger partial charge on any atom is -0.479 e. The monoisotopic (exact) mass is 329 g/mol. The first-order valence-corrected chi connectivity index (χ1v) is 7.51. The highest BCUT2D eigenvalue weighted by atomic mass is 35.5. The molecule has 0 aliphatic carbocycles. The van der Waals surface area contributed by atoms with Crippen LogP contribution in [0.25, 0.3) is 0 Å². The molecule has 0 saturated heterocycles. The van der Waals surface area contributed by atoms with Gasteiger partial charge in [0, 0.05) is 10.6 Å². The first-order valence-electron chi connectivity index (χ1n) is 7.13. The molecule has 23 heavy (non-hydrogen) atoms. The Hall–Kier alpha value is -2.51. The summed E-state index contributed by atoms with van der Waals surface area (Å²) in [6.45, 7) is 3.37. The van der Waals surface area contributed by atoms with Crippen molar-refractivity contribution in [3.63, 3.8) is 0 Å². The summed E-state index contributed by atoms with van der Waals surface area (Å²) in [5, 5.41) is 9.30. The predicted molar refractivity (Wildman–Crippen MR) is 87.2 cm³/mol. The normalized spacial score (nSPS) is 12.8. The summed E-state index contributed by atoms with van der Waals surface area (Å²) >= 11 is 6.09. The summed E-state index contributed by atoms with van der Waals surface area (Å²) in [6, 6.07) is 15.8. The van der Waals surface area contributed by atoms with Crippen molar-refractivity contribution in [1.29, 1.82) is 5.26 Å². The maximum Gasteiger partial charge on any atom is 0.347 e. The third kappa shape index (κ3) is 4.48. The first-order chi connectivity index (χ1) is 11.0.